The largest absolute Gasteiger partial charge is 0.490 e. The topological polar surface area (TPSA) is 30.5 Å². The van der Waals surface area contributed by atoms with Crippen molar-refractivity contribution in [3.63, 3.8) is 0 Å². The summed E-state index contributed by atoms with van der Waals surface area (Å²) in [6.07, 6.45) is 0. The Kier molecular flexibility index (Phi) is 6.83. The van der Waals surface area contributed by atoms with E-state index >= 15 is 0 Å². The van der Waals surface area contributed by atoms with Crippen molar-refractivity contribution < 1.29 is 9.47 Å². The molecule has 0 unspecified atom stereocenters. The van der Waals surface area contributed by atoms with E-state index in [1.165, 1.54) is 5.56 Å². The van der Waals surface area contributed by atoms with Crippen LogP contribution in [0.5, 0.6) is 11.5 Å². The molecule has 0 bridgehead atoms. The molecule has 4 heteroatoms. The lowest BCUT2D eigenvalue weighted by atomic mass is 10.1. The maximum Gasteiger partial charge on any atom is 0.161 e. The van der Waals surface area contributed by atoms with Crippen LogP contribution in [0, 0.1) is 0 Å². The maximum atomic E-state index is 5.95. The Morgan fingerprint density at radius 1 is 0.815 bits per heavy atom. The quantitative estimate of drug-likeness (QED) is 0.551. The SMILES string of the molecule is CCOc1cc(C(=S)NCc2ccccc2)ccc1OCc1ccccc1. The minimum Gasteiger partial charge on any atom is -0.490 e. The Labute approximate surface area is 166 Å². The number of nitrogens with one attached hydrogen (secondary N) is 1. The maximum absolute atomic E-state index is 5.95. The summed E-state index contributed by atoms with van der Waals surface area (Å²) in [5.74, 6) is 1.42. The normalized spacial score (nSPS) is 10.3. The van der Waals surface area contributed by atoms with Gasteiger partial charge in [-0.2, -0.15) is 0 Å². The fourth-order valence-corrected chi connectivity index (χ4v) is 2.85. The molecule has 0 aliphatic rings. The zero-order valence-electron chi connectivity index (χ0n) is 15.4. The predicted molar refractivity (Wildman–Crippen MR) is 113 cm³/mol. The van der Waals surface area contributed by atoms with Crippen LogP contribution >= 0.6 is 12.2 Å². The molecule has 0 saturated heterocycles. The van der Waals surface area contributed by atoms with Crippen LogP contribution in [-0.4, -0.2) is 11.6 Å². The molecule has 3 aromatic carbocycles. The van der Waals surface area contributed by atoms with E-state index in [0.29, 0.717) is 30.5 Å². The van der Waals surface area contributed by atoms with Crippen LogP contribution in [-0.2, 0) is 13.2 Å². The molecule has 0 saturated carbocycles. The van der Waals surface area contributed by atoms with Crippen molar-refractivity contribution in [2.24, 2.45) is 0 Å². The highest BCUT2D eigenvalue weighted by molar-refractivity contribution is 7.80. The van der Waals surface area contributed by atoms with Gasteiger partial charge in [-0.15, -0.1) is 0 Å². The zero-order valence-corrected chi connectivity index (χ0v) is 16.2. The lowest BCUT2D eigenvalue weighted by molar-refractivity contribution is 0.269. The standard InChI is InChI=1S/C23H23NO2S/c1-2-25-22-15-20(23(27)24-16-18-9-5-3-6-10-18)13-14-21(22)26-17-19-11-7-4-8-12-19/h3-15H,2,16-17H2,1H3,(H,24,27). The highest BCUT2D eigenvalue weighted by Crippen LogP contribution is 2.29. The second-order valence-electron chi connectivity index (χ2n) is 6.04. The molecule has 3 nitrogen and oxygen atoms in total. The van der Waals surface area contributed by atoms with Crippen molar-refractivity contribution in [3.05, 3.63) is 95.6 Å². The van der Waals surface area contributed by atoms with E-state index < -0.39 is 0 Å². The van der Waals surface area contributed by atoms with Gasteiger partial charge in [0.25, 0.3) is 0 Å². The molecule has 0 aliphatic carbocycles. The Morgan fingerprint density at radius 2 is 1.48 bits per heavy atom. The minimum atomic E-state index is 0.497. The average Bonchev–Trinajstić information content (AvgIpc) is 2.73. The van der Waals surface area contributed by atoms with Crippen molar-refractivity contribution in [1.82, 2.24) is 5.32 Å². The molecule has 3 rings (SSSR count). The summed E-state index contributed by atoms with van der Waals surface area (Å²) in [7, 11) is 0. The van der Waals surface area contributed by atoms with Gasteiger partial charge >= 0.3 is 0 Å². The number of hydrogen-bond acceptors (Lipinski definition) is 3. The number of thiocarbonyl (C=S) groups is 1. The Balaban J connectivity index is 1.67. The third-order valence-corrected chi connectivity index (χ3v) is 4.42. The van der Waals surface area contributed by atoms with Crippen molar-refractivity contribution in [2.75, 3.05) is 6.61 Å². The summed E-state index contributed by atoms with van der Waals surface area (Å²) >= 11 is 5.54. The third-order valence-electron chi connectivity index (χ3n) is 4.04. The molecule has 0 heterocycles. The molecule has 0 fully saturated rings. The van der Waals surface area contributed by atoms with Crippen LogP contribution in [0.4, 0.5) is 0 Å². The van der Waals surface area contributed by atoms with Gasteiger partial charge in [0.1, 0.15) is 11.6 Å². The van der Waals surface area contributed by atoms with E-state index in [-0.39, 0.29) is 0 Å². The second kappa shape index (κ2) is 9.74. The number of ether oxygens (including phenoxy) is 2. The van der Waals surface area contributed by atoms with Gasteiger partial charge in [0.05, 0.1) is 6.61 Å². The van der Waals surface area contributed by atoms with E-state index in [4.69, 9.17) is 21.7 Å². The first-order valence-electron chi connectivity index (χ1n) is 9.02. The first-order valence-corrected chi connectivity index (χ1v) is 9.43. The monoisotopic (exact) mass is 377 g/mol. The molecule has 27 heavy (non-hydrogen) atoms. The highest BCUT2D eigenvalue weighted by Gasteiger charge is 2.10. The second-order valence-corrected chi connectivity index (χ2v) is 6.45. The number of rotatable bonds is 8. The van der Waals surface area contributed by atoms with E-state index in [9.17, 15) is 0 Å². The lowest BCUT2D eigenvalue weighted by Crippen LogP contribution is -2.21. The first kappa shape index (κ1) is 18.9. The van der Waals surface area contributed by atoms with E-state index in [1.54, 1.807) is 0 Å². The summed E-state index contributed by atoms with van der Waals surface area (Å²) in [6, 6.07) is 26.1. The van der Waals surface area contributed by atoms with Gasteiger partial charge in [-0.3, -0.25) is 0 Å². The third kappa shape index (κ3) is 5.56. The van der Waals surface area contributed by atoms with Gasteiger partial charge < -0.3 is 14.8 Å². The molecular weight excluding hydrogens is 354 g/mol. The molecule has 0 radical (unpaired) electrons. The molecule has 0 amide bonds. The van der Waals surface area contributed by atoms with Crippen LogP contribution in [0.2, 0.25) is 0 Å². The number of benzene rings is 3. The molecule has 0 aliphatic heterocycles. The van der Waals surface area contributed by atoms with Crippen molar-refractivity contribution >= 4 is 17.2 Å². The summed E-state index contributed by atoms with van der Waals surface area (Å²) in [6.45, 7) is 3.71. The molecule has 138 valence electrons. The molecule has 1 N–H and O–H groups in total. The van der Waals surface area contributed by atoms with Crippen LogP contribution < -0.4 is 14.8 Å². The summed E-state index contributed by atoms with van der Waals surface area (Å²) in [4.78, 5) is 0.689. The van der Waals surface area contributed by atoms with Gasteiger partial charge in [-0.1, -0.05) is 72.9 Å². The lowest BCUT2D eigenvalue weighted by Gasteiger charge is -2.14. The summed E-state index contributed by atoms with van der Waals surface area (Å²) in [5.41, 5.74) is 3.22. The van der Waals surface area contributed by atoms with Crippen LogP contribution in [0.1, 0.15) is 23.6 Å². The Bertz CT molecular complexity index is 866. The Hall–Kier alpha value is -2.85. The molecular formula is C23H23NO2S. The number of hydrogen-bond donors (Lipinski definition) is 1. The first-order chi connectivity index (χ1) is 13.3. The Morgan fingerprint density at radius 3 is 2.15 bits per heavy atom. The van der Waals surface area contributed by atoms with Gasteiger partial charge in [0.2, 0.25) is 0 Å². The average molecular weight is 378 g/mol. The molecule has 0 atom stereocenters. The molecule has 0 spiro atoms. The van der Waals surface area contributed by atoms with Gasteiger partial charge in [0.15, 0.2) is 11.5 Å². The fraction of sp³-hybridized carbons (Fsp3) is 0.174. The van der Waals surface area contributed by atoms with Crippen molar-refractivity contribution in [1.29, 1.82) is 0 Å². The van der Waals surface area contributed by atoms with Gasteiger partial charge in [-0.05, 0) is 36.2 Å². The van der Waals surface area contributed by atoms with Gasteiger partial charge in [-0.25, -0.2) is 0 Å². The van der Waals surface area contributed by atoms with Gasteiger partial charge in [0, 0.05) is 12.1 Å². The molecule has 3 aromatic rings. The van der Waals surface area contributed by atoms with Crippen LogP contribution in [0.15, 0.2) is 78.9 Å². The predicted octanol–water partition coefficient (Wildman–Crippen LogP) is 5.13. The van der Waals surface area contributed by atoms with Crippen molar-refractivity contribution in [3.8, 4) is 11.5 Å². The highest BCUT2D eigenvalue weighted by atomic mass is 32.1. The van der Waals surface area contributed by atoms with E-state index in [0.717, 1.165) is 16.9 Å². The smallest absolute Gasteiger partial charge is 0.161 e. The van der Waals surface area contributed by atoms with E-state index in [2.05, 4.69) is 17.4 Å². The molecule has 0 aromatic heterocycles. The minimum absolute atomic E-state index is 0.497. The van der Waals surface area contributed by atoms with Crippen LogP contribution in [0.25, 0.3) is 0 Å². The zero-order chi connectivity index (χ0) is 18.9. The van der Waals surface area contributed by atoms with Crippen molar-refractivity contribution in [2.45, 2.75) is 20.1 Å². The summed E-state index contributed by atoms with van der Waals surface area (Å²) < 4.78 is 11.7. The van der Waals surface area contributed by atoms with Crippen LogP contribution in [0.3, 0.4) is 0 Å². The fourth-order valence-electron chi connectivity index (χ4n) is 2.65. The summed E-state index contributed by atoms with van der Waals surface area (Å²) in [5, 5.41) is 3.30. The van der Waals surface area contributed by atoms with E-state index in [1.807, 2.05) is 73.7 Å².